The molecule has 1 aliphatic heterocycles. The maximum Gasteiger partial charge on any atom is 0.270 e. The Morgan fingerprint density at radius 3 is 2.85 bits per heavy atom. The largest absolute Gasteiger partial charge is 0.360 e. The quantitative estimate of drug-likeness (QED) is 0.810. The summed E-state index contributed by atoms with van der Waals surface area (Å²) in [6, 6.07) is 3.51. The molecule has 0 aromatic carbocycles. The summed E-state index contributed by atoms with van der Waals surface area (Å²) in [5, 5.41) is 10.2. The first-order valence-corrected chi connectivity index (χ1v) is 9.12. The van der Waals surface area contributed by atoms with Crippen molar-refractivity contribution in [2.24, 2.45) is 7.05 Å². The molecule has 2 aromatic rings. The van der Waals surface area contributed by atoms with E-state index in [-0.39, 0.29) is 17.9 Å². The lowest BCUT2D eigenvalue weighted by molar-refractivity contribution is -0.120. The topological polar surface area (TPSA) is 92.2 Å². The first-order chi connectivity index (χ1) is 12.8. The molecule has 0 saturated carbocycles. The van der Waals surface area contributed by atoms with Crippen LogP contribution in [0.4, 0.5) is 5.69 Å². The summed E-state index contributed by atoms with van der Waals surface area (Å²) in [5.74, 6) is -0.232. The molecule has 0 aliphatic carbocycles. The van der Waals surface area contributed by atoms with Crippen molar-refractivity contribution in [3.05, 3.63) is 41.0 Å². The fourth-order valence-corrected chi connectivity index (χ4v) is 3.37. The van der Waals surface area contributed by atoms with Crippen molar-refractivity contribution in [3.8, 4) is 0 Å². The Morgan fingerprint density at radius 2 is 2.19 bits per heavy atom. The number of aromatic nitrogens is 3. The lowest BCUT2D eigenvalue weighted by Crippen LogP contribution is -2.47. The zero-order valence-electron chi connectivity index (χ0n) is 16.2. The van der Waals surface area contributed by atoms with Gasteiger partial charge in [-0.2, -0.15) is 5.10 Å². The number of carbonyl (C=O) groups excluding carboxylic acids is 2. The molecule has 2 aromatic heterocycles. The summed E-state index contributed by atoms with van der Waals surface area (Å²) < 4.78 is 1.86. The molecule has 1 aliphatic rings. The van der Waals surface area contributed by atoms with Crippen LogP contribution >= 0.6 is 0 Å². The van der Waals surface area contributed by atoms with Crippen molar-refractivity contribution in [1.82, 2.24) is 25.4 Å². The van der Waals surface area contributed by atoms with Gasteiger partial charge in [-0.1, -0.05) is 0 Å². The second kappa shape index (κ2) is 7.77. The smallest absolute Gasteiger partial charge is 0.270 e. The van der Waals surface area contributed by atoms with E-state index in [9.17, 15) is 9.59 Å². The van der Waals surface area contributed by atoms with Gasteiger partial charge < -0.3 is 15.5 Å². The van der Waals surface area contributed by atoms with Gasteiger partial charge in [0.05, 0.1) is 12.2 Å². The summed E-state index contributed by atoms with van der Waals surface area (Å²) in [6.07, 6.45) is 2.32. The molecule has 8 heteroatoms. The number of nitrogens with one attached hydrogen (secondary N) is 2. The minimum Gasteiger partial charge on any atom is -0.360 e. The van der Waals surface area contributed by atoms with Gasteiger partial charge >= 0.3 is 0 Å². The lowest BCUT2D eigenvalue weighted by Gasteiger charge is -2.28. The highest BCUT2D eigenvalue weighted by Crippen LogP contribution is 2.17. The lowest BCUT2D eigenvalue weighted by atomic mass is 10.1. The van der Waals surface area contributed by atoms with Crippen molar-refractivity contribution in [3.63, 3.8) is 0 Å². The highest BCUT2D eigenvalue weighted by atomic mass is 16.2. The Hall–Kier alpha value is -2.90. The molecule has 0 radical (unpaired) electrons. The van der Waals surface area contributed by atoms with Crippen LogP contribution in [0.25, 0.3) is 0 Å². The predicted octanol–water partition coefficient (Wildman–Crippen LogP) is 0.729. The average molecular weight is 370 g/mol. The van der Waals surface area contributed by atoms with Gasteiger partial charge in [0.15, 0.2) is 0 Å². The van der Waals surface area contributed by atoms with Crippen LogP contribution in [-0.4, -0.2) is 52.3 Å². The van der Waals surface area contributed by atoms with Gasteiger partial charge in [0.25, 0.3) is 5.91 Å². The minimum absolute atomic E-state index is 0.0140. The molecular formula is C19H26N6O2. The fourth-order valence-electron chi connectivity index (χ4n) is 3.37. The third-order valence-electron chi connectivity index (χ3n) is 4.93. The second-order valence-electron chi connectivity index (χ2n) is 7.02. The van der Waals surface area contributed by atoms with Gasteiger partial charge in [0.2, 0.25) is 5.91 Å². The fraction of sp³-hybridized carbons (Fsp3) is 0.474. The molecule has 3 heterocycles. The van der Waals surface area contributed by atoms with Gasteiger partial charge in [-0.25, -0.2) is 0 Å². The Balaban J connectivity index is 1.67. The number of piperazine rings is 1. The van der Waals surface area contributed by atoms with Crippen LogP contribution in [0.2, 0.25) is 0 Å². The number of aryl methyl sites for hydroxylation is 2. The number of nitrogens with zero attached hydrogens (tertiary/aromatic N) is 4. The standard InChI is InChI=1S/C19H26N6O2/c1-12(9-16-13(2)23-24(4)14(16)3)22-19(27)17-10-15(5-6-20-17)25-8-7-21-18(26)11-25/h5-6,10,12H,7-9,11H2,1-4H3,(H,21,26)(H,22,27)/t12-/m1/s1. The first kappa shape index (κ1) is 18.9. The summed E-state index contributed by atoms with van der Waals surface area (Å²) in [5.41, 5.74) is 4.43. The van der Waals surface area contributed by atoms with E-state index in [1.54, 1.807) is 12.3 Å². The van der Waals surface area contributed by atoms with Crippen LogP contribution in [0.1, 0.15) is 34.4 Å². The van der Waals surface area contributed by atoms with Gasteiger partial charge in [-0.15, -0.1) is 0 Å². The molecule has 27 heavy (non-hydrogen) atoms. The van der Waals surface area contributed by atoms with Crippen molar-refractivity contribution < 1.29 is 9.59 Å². The number of anilines is 1. The van der Waals surface area contributed by atoms with Crippen molar-refractivity contribution in [2.75, 3.05) is 24.5 Å². The number of amides is 2. The number of hydrogen-bond acceptors (Lipinski definition) is 5. The Morgan fingerprint density at radius 1 is 1.41 bits per heavy atom. The molecule has 1 atom stereocenters. The third kappa shape index (κ3) is 4.27. The van der Waals surface area contributed by atoms with Gasteiger partial charge in [0.1, 0.15) is 5.69 Å². The predicted molar refractivity (Wildman–Crippen MR) is 103 cm³/mol. The second-order valence-corrected chi connectivity index (χ2v) is 7.02. The zero-order valence-corrected chi connectivity index (χ0v) is 16.2. The number of carbonyl (C=O) groups is 2. The molecular weight excluding hydrogens is 344 g/mol. The first-order valence-electron chi connectivity index (χ1n) is 9.12. The van der Waals surface area contributed by atoms with Crippen LogP contribution in [-0.2, 0) is 18.3 Å². The highest BCUT2D eigenvalue weighted by molar-refractivity contribution is 5.93. The molecule has 144 valence electrons. The Labute approximate surface area is 159 Å². The SMILES string of the molecule is Cc1nn(C)c(C)c1C[C@@H](C)NC(=O)c1cc(N2CCNC(=O)C2)ccn1. The average Bonchev–Trinajstić information content (AvgIpc) is 2.88. The molecule has 8 nitrogen and oxygen atoms in total. The van der Waals surface area contributed by atoms with E-state index in [0.717, 1.165) is 22.6 Å². The normalized spacial score (nSPS) is 15.4. The van der Waals surface area contributed by atoms with E-state index in [1.807, 2.05) is 43.5 Å². The monoisotopic (exact) mass is 370 g/mol. The molecule has 2 amide bonds. The van der Waals surface area contributed by atoms with Crippen LogP contribution in [0.5, 0.6) is 0 Å². The molecule has 0 unspecified atom stereocenters. The third-order valence-corrected chi connectivity index (χ3v) is 4.93. The van der Waals surface area contributed by atoms with E-state index in [4.69, 9.17) is 0 Å². The Kier molecular flexibility index (Phi) is 5.43. The van der Waals surface area contributed by atoms with Gasteiger partial charge in [-0.3, -0.25) is 19.3 Å². The van der Waals surface area contributed by atoms with E-state index < -0.39 is 0 Å². The summed E-state index contributed by atoms with van der Waals surface area (Å²) in [6.45, 7) is 7.60. The van der Waals surface area contributed by atoms with Crippen molar-refractivity contribution in [1.29, 1.82) is 0 Å². The van der Waals surface area contributed by atoms with Crippen LogP contribution in [0.15, 0.2) is 18.3 Å². The zero-order chi connectivity index (χ0) is 19.6. The Bertz CT molecular complexity index is 860. The van der Waals surface area contributed by atoms with E-state index in [1.165, 1.54) is 0 Å². The number of pyridine rings is 1. The maximum absolute atomic E-state index is 12.6. The number of rotatable bonds is 5. The number of hydrogen-bond donors (Lipinski definition) is 2. The molecule has 2 N–H and O–H groups in total. The molecule has 0 bridgehead atoms. The van der Waals surface area contributed by atoms with Crippen molar-refractivity contribution >= 4 is 17.5 Å². The van der Waals surface area contributed by atoms with Gasteiger partial charge in [0, 0.05) is 43.8 Å². The highest BCUT2D eigenvalue weighted by Gasteiger charge is 2.19. The molecule has 3 rings (SSSR count). The minimum atomic E-state index is -0.218. The van der Waals surface area contributed by atoms with Crippen molar-refractivity contribution in [2.45, 2.75) is 33.2 Å². The van der Waals surface area contributed by atoms with E-state index in [0.29, 0.717) is 31.7 Å². The van der Waals surface area contributed by atoms with Crippen LogP contribution in [0, 0.1) is 13.8 Å². The summed E-state index contributed by atoms with van der Waals surface area (Å²) in [7, 11) is 1.92. The van der Waals surface area contributed by atoms with Gasteiger partial charge in [-0.05, 0) is 44.9 Å². The molecule has 1 saturated heterocycles. The summed E-state index contributed by atoms with van der Waals surface area (Å²) >= 11 is 0. The summed E-state index contributed by atoms with van der Waals surface area (Å²) in [4.78, 5) is 30.4. The molecule has 1 fully saturated rings. The van der Waals surface area contributed by atoms with Crippen LogP contribution < -0.4 is 15.5 Å². The maximum atomic E-state index is 12.6. The van der Waals surface area contributed by atoms with Crippen LogP contribution in [0.3, 0.4) is 0 Å². The van der Waals surface area contributed by atoms with E-state index in [2.05, 4.69) is 20.7 Å². The van der Waals surface area contributed by atoms with E-state index >= 15 is 0 Å². The molecule has 0 spiro atoms.